The van der Waals surface area contributed by atoms with E-state index in [-0.39, 0.29) is 47.6 Å². The highest BCUT2D eigenvalue weighted by atomic mass is 32.2. The van der Waals surface area contributed by atoms with E-state index in [9.17, 15) is 48.3 Å². The number of benzene rings is 2. The minimum atomic E-state index is -6.33. The summed E-state index contributed by atoms with van der Waals surface area (Å²) in [5, 5.41) is 2.92. The van der Waals surface area contributed by atoms with Gasteiger partial charge < -0.3 is 5.32 Å². The van der Waals surface area contributed by atoms with Crippen LogP contribution in [0, 0.1) is 17.7 Å². The molecule has 0 aliphatic heterocycles. The molecule has 2 fully saturated rings. The average molecular weight is 596 g/mol. The van der Waals surface area contributed by atoms with Crippen molar-refractivity contribution in [2.45, 2.75) is 78.7 Å². The zero-order valence-corrected chi connectivity index (χ0v) is 21.9. The van der Waals surface area contributed by atoms with E-state index in [0.717, 1.165) is 43.2 Å². The molecule has 218 valence electrons. The van der Waals surface area contributed by atoms with Crippen molar-refractivity contribution < 1.29 is 48.3 Å². The maximum Gasteiger partial charge on any atom is 0.435 e. The van der Waals surface area contributed by atoms with E-state index in [4.69, 9.17) is 0 Å². The van der Waals surface area contributed by atoms with Gasteiger partial charge in [0.25, 0.3) is 0 Å². The van der Waals surface area contributed by atoms with Crippen LogP contribution in [0.15, 0.2) is 47.4 Å². The van der Waals surface area contributed by atoms with Crippen LogP contribution >= 0.6 is 0 Å². The van der Waals surface area contributed by atoms with Crippen molar-refractivity contribution in [1.82, 2.24) is 5.32 Å². The van der Waals surface area contributed by atoms with Crippen LogP contribution in [-0.2, 0) is 31.5 Å². The third kappa shape index (κ3) is 4.13. The molecule has 1 N–H and O–H groups in total. The van der Waals surface area contributed by atoms with Crippen LogP contribution in [-0.4, -0.2) is 32.2 Å². The van der Waals surface area contributed by atoms with Crippen LogP contribution in [0.25, 0.3) is 0 Å². The molecule has 4 nitrogen and oxygen atoms in total. The highest BCUT2D eigenvalue weighted by Gasteiger charge is 2.74. The van der Waals surface area contributed by atoms with Gasteiger partial charge in [-0.15, -0.1) is 0 Å². The summed E-state index contributed by atoms with van der Waals surface area (Å²) in [5.74, 6) is -2.77. The van der Waals surface area contributed by atoms with E-state index in [1.165, 1.54) is 0 Å². The lowest BCUT2D eigenvalue weighted by Gasteiger charge is -2.42. The summed E-state index contributed by atoms with van der Waals surface area (Å²) in [6, 6.07) is 5.46. The average Bonchev–Trinajstić information content (AvgIpc) is 3.43. The topological polar surface area (TPSA) is 63.2 Å². The van der Waals surface area contributed by atoms with Crippen LogP contribution < -0.4 is 5.32 Å². The molecule has 0 saturated heterocycles. The Morgan fingerprint density at radius 1 is 0.900 bits per heavy atom. The molecule has 3 aliphatic rings. The molecule has 40 heavy (non-hydrogen) atoms. The zero-order chi connectivity index (χ0) is 29.5. The maximum absolute atomic E-state index is 14.9. The first-order chi connectivity index (χ1) is 18.4. The van der Waals surface area contributed by atoms with E-state index in [1.807, 2.05) is 6.92 Å². The minimum absolute atomic E-state index is 0.0526. The number of rotatable bonds is 5. The summed E-state index contributed by atoms with van der Waals surface area (Å²) in [5.41, 5.74) is -8.04. The number of carbonyl (C=O) groups is 1. The van der Waals surface area contributed by atoms with Gasteiger partial charge in [0, 0.05) is 17.0 Å². The smallest absolute Gasteiger partial charge is 0.351 e. The van der Waals surface area contributed by atoms with Crippen LogP contribution in [0.5, 0.6) is 0 Å². The predicted molar refractivity (Wildman–Crippen MR) is 127 cm³/mol. The lowest BCUT2D eigenvalue weighted by Crippen LogP contribution is -2.51. The number of nitrogens with one attached hydrogen (secondary N) is 1. The van der Waals surface area contributed by atoms with Gasteiger partial charge >= 0.3 is 18.0 Å². The summed E-state index contributed by atoms with van der Waals surface area (Å²) in [6.45, 7) is 1.84. The van der Waals surface area contributed by atoms with Crippen molar-refractivity contribution in [3.8, 4) is 0 Å². The molecule has 0 bridgehead atoms. The van der Waals surface area contributed by atoms with Crippen molar-refractivity contribution in [3.63, 3.8) is 0 Å². The Bertz CT molecular complexity index is 1430. The summed E-state index contributed by atoms with van der Waals surface area (Å²) >= 11 is 0. The van der Waals surface area contributed by atoms with E-state index in [0.29, 0.717) is 12.1 Å². The molecule has 2 aromatic rings. The standard InChI is InChI=1S/C27H25F8NO3S/c1-23(12-13-23)36-22(37)19-10-11-24(40(38,39)18-6-4-17(28)5-7-18)20-9-3-16(14-15(20)2-8-21(19)24)25(29,26(30,31)32)27(33,34)35/h3-7,9,14,19,21H,2,8,10-13H2,1H3,(H,36,37)/t19-,21+,24-/m1/s1. The van der Waals surface area contributed by atoms with E-state index in [1.54, 1.807) is 0 Å². The normalized spacial score (nSPS) is 26.1. The molecule has 0 aromatic heterocycles. The van der Waals surface area contributed by atoms with E-state index >= 15 is 0 Å². The largest absolute Gasteiger partial charge is 0.435 e. The lowest BCUT2D eigenvalue weighted by molar-refractivity contribution is -0.348. The first-order valence-electron chi connectivity index (χ1n) is 12.7. The molecule has 0 heterocycles. The number of aryl methyl sites for hydroxylation is 1. The summed E-state index contributed by atoms with van der Waals surface area (Å²) in [6.07, 6.45) is -11.5. The van der Waals surface area contributed by atoms with Crippen LogP contribution in [0.2, 0.25) is 0 Å². The molecule has 0 unspecified atom stereocenters. The van der Waals surface area contributed by atoms with Gasteiger partial charge in [0.2, 0.25) is 5.91 Å². The molecule has 2 aromatic carbocycles. The third-order valence-corrected chi connectivity index (χ3v) is 11.3. The molecule has 2 saturated carbocycles. The van der Waals surface area contributed by atoms with Crippen molar-refractivity contribution in [1.29, 1.82) is 0 Å². The van der Waals surface area contributed by atoms with Crippen LogP contribution in [0.1, 0.15) is 55.7 Å². The molecule has 0 spiro atoms. The highest BCUT2D eigenvalue weighted by molar-refractivity contribution is 7.92. The van der Waals surface area contributed by atoms with Crippen LogP contribution in [0.4, 0.5) is 35.1 Å². The highest BCUT2D eigenvalue weighted by Crippen LogP contribution is 2.60. The van der Waals surface area contributed by atoms with Crippen molar-refractivity contribution in [2.75, 3.05) is 0 Å². The monoisotopic (exact) mass is 595 g/mol. The van der Waals surface area contributed by atoms with Gasteiger partial charge in [-0.2, -0.15) is 26.3 Å². The quantitative estimate of drug-likeness (QED) is 0.321. The number of sulfone groups is 1. The van der Waals surface area contributed by atoms with Gasteiger partial charge in [-0.3, -0.25) is 4.79 Å². The molecule has 13 heteroatoms. The third-order valence-electron chi connectivity index (χ3n) is 8.74. The Kier molecular flexibility index (Phi) is 6.41. The second kappa shape index (κ2) is 8.90. The van der Waals surface area contributed by atoms with E-state index in [2.05, 4.69) is 5.32 Å². The number of amides is 1. The number of alkyl halides is 7. The Morgan fingerprint density at radius 2 is 1.50 bits per heavy atom. The SMILES string of the molecule is CC1(NC(=O)[C@@H]2CC[C@@]3(S(=O)(=O)c4ccc(F)cc4)c4ccc(C(F)(C(F)(F)F)C(F)(F)F)cc4CC[C@@H]23)CC1. The molecule has 3 atom stereocenters. The number of fused-ring (bicyclic) bond motifs is 3. The summed E-state index contributed by atoms with van der Waals surface area (Å²) < 4.78 is 136. The Labute approximate surface area is 225 Å². The van der Waals surface area contributed by atoms with Gasteiger partial charge in [-0.05, 0) is 86.8 Å². The van der Waals surface area contributed by atoms with Crippen molar-refractivity contribution in [2.24, 2.45) is 11.8 Å². The van der Waals surface area contributed by atoms with Gasteiger partial charge in [0.1, 0.15) is 10.6 Å². The fraction of sp³-hybridized carbons (Fsp3) is 0.519. The summed E-state index contributed by atoms with van der Waals surface area (Å²) in [4.78, 5) is 13.0. The minimum Gasteiger partial charge on any atom is -0.351 e. The predicted octanol–water partition coefficient (Wildman–Crippen LogP) is 6.43. The fourth-order valence-corrected chi connectivity index (χ4v) is 8.87. The second-order valence-electron chi connectivity index (χ2n) is 11.2. The molecule has 3 aliphatic carbocycles. The summed E-state index contributed by atoms with van der Waals surface area (Å²) in [7, 11) is -4.48. The molecular formula is C27H25F8NO3S. The van der Waals surface area contributed by atoms with Gasteiger partial charge in [0.15, 0.2) is 9.84 Å². The number of hydrogen-bond acceptors (Lipinski definition) is 3. The number of hydrogen-bond donors (Lipinski definition) is 1. The van der Waals surface area contributed by atoms with E-state index < -0.39 is 61.4 Å². The van der Waals surface area contributed by atoms with Crippen LogP contribution in [0.3, 0.4) is 0 Å². The van der Waals surface area contributed by atoms with Gasteiger partial charge in [-0.1, -0.05) is 18.2 Å². The molecule has 0 radical (unpaired) electrons. The molecule has 1 amide bonds. The molecule has 5 rings (SSSR count). The Hall–Kier alpha value is -2.70. The van der Waals surface area contributed by atoms with Gasteiger partial charge in [0.05, 0.1) is 4.90 Å². The first-order valence-corrected chi connectivity index (χ1v) is 14.1. The number of halogens is 8. The van der Waals surface area contributed by atoms with Crippen molar-refractivity contribution in [3.05, 3.63) is 65.0 Å². The fourth-order valence-electron chi connectivity index (χ4n) is 6.40. The zero-order valence-electron chi connectivity index (χ0n) is 21.1. The van der Waals surface area contributed by atoms with Crippen molar-refractivity contribution >= 4 is 15.7 Å². The first kappa shape index (κ1) is 28.8. The Balaban J connectivity index is 1.68. The lowest BCUT2D eigenvalue weighted by atomic mass is 9.72. The second-order valence-corrected chi connectivity index (χ2v) is 13.4. The molecular weight excluding hydrogens is 570 g/mol. The maximum atomic E-state index is 14.9. The Morgan fingerprint density at radius 3 is 2.05 bits per heavy atom. The number of carbonyl (C=O) groups excluding carboxylic acids is 1. The van der Waals surface area contributed by atoms with Gasteiger partial charge in [-0.25, -0.2) is 17.2 Å².